The van der Waals surface area contributed by atoms with Crippen LogP contribution in [-0.2, 0) is 0 Å². The fraction of sp³-hybridized carbons (Fsp3) is 0.500. The number of nitrogens with one attached hydrogen (secondary N) is 2. The van der Waals surface area contributed by atoms with Crippen LogP contribution in [0.5, 0.6) is 0 Å². The zero-order valence-electron chi connectivity index (χ0n) is 13.1. The summed E-state index contributed by atoms with van der Waals surface area (Å²) in [7, 11) is 0. The van der Waals surface area contributed by atoms with E-state index in [4.69, 9.17) is 0 Å². The van der Waals surface area contributed by atoms with Gasteiger partial charge >= 0.3 is 12.0 Å². The third-order valence-corrected chi connectivity index (χ3v) is 5.03. The Morgan fingerprint density at radius 3 is 2.19 bits per heavy atom. The number of anilines is 1. The third-order valence-electron chi connectivity index (χ3n) is 5.03. The minimum absolute atomic E-state index is 0.0343. The summed E-state index contributed by atoms with van der Waals surface area (Å²) in [6, 6.07) is 4.73. The van der Waals surface area contributed by atoms with Crippen molar-refractivity contribution >= 4 is 17.7 Å². The molecule has 0 aliphatic heterocycles. The molecule has 5 nitrogen and oxygen atoms in total. The zero-order valence-corrected chi connectivity index (χ0v) is 13.1. The molecule has 1 aromatic carbocycles. The monoisotopic (exact) mass is 290 g/mol. The van der Waals surface area contributed by atoms with E-state index in [2.05, 4.69) is 38.3 Å². The van der Waals surface area contributed by atoms with Crippen LogP contribution >= 0.6 is 0 Å². The molecule has 3 N–H and O–H groups in total. The van der Waals surface area contributed by atoms with Crippen LogP contribution in [0.2, 0.25) is 0 Å². The lowest BCUT2D eigenvalue weighted by molar-refractivity contribution is 0.0697. The molecule has 21 heavy (non-hydrogen) atoms. The number of aryl methyl sites for hydroxylation is 1. The minimum Gasteiger partial charge on any atom is -0.478 e. The van der Waals surface area contributed by atoms with Gasteiger partial charge in [-0.1, -0.05) is 39.8 Å². The smallest absolute Gasteiger partial charge is 0.338 e. The highest BCUT2D eigenvalue weighted by atomic mass is 16.4. The normalized spacial score (nSPS) is 18.9. The van der Waals surface area contributed by atoms with Gasteiger partial charge in [-0.25, -0.2) is 9.59 Å². The first-order valence-electron chi connectivity index (χ1n) is 6.99. The molecule has 0 spiro atoms. The Bertz CT molecular complexity index is 592. The number of rotatable bonds is 3. The van der Waals surface area contributed by atoms with Crippen molar-refractivity contribution in [1.29, 1.82) is 0 Å². The van der Waals surface area contributed by atoms with Crippen molar-refractivity contribution in [2.24, 2.45) is 10.8 Å². The molecule has 0 unspecified atom stereocenters. The first-order valence-corrected chi connectivity index (χ1v) is 6.99. The van der Waals surface area contributed by atoms with E-state index in [0.29, 0.717) is 11.3 Å². The number of carboxylic acid groups (broad SMARTS) is 1. The average Bonchev–Trinajstić information content (AvgIpc) is 2.71. The van der Waals surface area contributed by atoms with E-state index in [1.54, 1.807) is 25.1 Å². The maximum Gasteiger partial charge on any atom is 0.338 e. The number of carboxylic acids is 1. The summed E-state index contributed by atoms with van der Waals surface area (Å²) in [5, 5.41) is 14.8. The van der Waals surface area contributed by atoms with E-state index in [1.807, 2.05) is 0 Å². The van der Waals surface area contributed by atoms with Crippen LogP contribution in [0.4, 0.5) is 10.5 Å². The van der Waals surface area contributed by atoms with Gasteiger partial charge in [0.2, 0.25) is 0 Å². The van der Waals surface area contributed by atoms with Crippen LogP contribution in [0.25, 0.3) is 0 Å². The molecular weight excluding hydrogens is 268 g/mol. The number of hydrogen-bond acceptors (Lipinski definition) is 2. The van der Waals surface area contributed by atoms with Gasteiger partial charge in [-0.05, 0) is 29.4 Å². The molecule has 5 heteroatoms. The molecule has 1 fully saturated rings. The van der Waals surface area contributed by atoms with E-state index >= 15 is 0 Å². The zero-order chi connectivity index (χ0) is 16.0. The average molecular weight is 290 g/mol. The predicted octanol–water partition coefficient (Wildman–Crippen LogP) is 3.25. The number of hydrogen-bond donors (Lipinski definition) is 3. The molecule has 2 amide bonds. The highest BCUT2D eigenvalue weighted by Crippen LogP contribution is 2.62. The molecule has 0 atom stereocenters. The highest BCUT2D eigenvalue weighted by Gasteiger charge is 2.65. The van der Waals surface area contributed by atoms with Crippen LogP contribution in [0.3, 0.4) is 0 Å². The van der Waals surface area contributed by atoms with E-state index in [-0.39, 0.29) is 28.5 Å². The maximum atomic E-state index is 12.1. The Morgan fingerprint density at radius 1 is 1.14 bits per heavy atom. The van der Waals surface area contributed by atoms with Crippen LogP contribution in [0.15, 0.2) is 18.2 Å². The molecule has 1 aromatic rings. The number of urea groups is 1. The van der Waals surface area contributed by atoms with Gasteiger partial charge in [-0.2, -0.15) is 0 Å². The molecule has 0 heterocycles. The summed E-state index contributed by atoms with van der Waals surface area (Å²) in [6.45, 7) is 10.1. The second kappa shape index (κ2) is 4.76. The van der Waals surface area contributed by atoms with Gasteiger partial charge < -0.3 is 15.7 Å². The van der Waals surface area contributed by atoms with Crippen molar-refractivity contribution in [3.63, 3.8) is 0 Å². The molecule has 1 aliphatic rings. The predicted molar refractivity (Wildman–Crippen MR) is 81.6 cm³/mol. The van der Waals surface area contributed by atoms with Crippen LogP contribution in [0.1, 0.15) is 43.6 Å². The van der Waals surface area contributed by atoms with Gasteiger partial charge in [0, 0.05) is 6.04 Å². The quantitative estimate of drug-likeness (QED) is 0.799. The molecule has 0 radical (unpaired) electrons. The minimum atomic E-state index is -1.05. The molecule has 0 saturated heterocycles. The molecule has 0 bridgehead atoms. The summed E-state index contributed by atoms with van der Waals surface area (Å²) in [4.78, 5) is 23.4. The number of carbonyl (C=O) groups excluding carboxylic acids is 1. The van der Waals surface area contributed by atoms with Gasteiger partial charge in [-0.3, -0.25) is 0 Å². The summed E-state index contributed by atoms with van der Waals surface area (Å²) >= 11 is 0. The van der Waals surface area contributed by atoms with Crippen LogP contribution < -0.4 is 10.6 Å². The number of benzene rings is 1. The second-order valence-electron chi connectivity index (χ2n) is 6.78. The SMILES string of the molecule is Cc1cccc(NC(=O)NC2C(C)(C)C2(C)C)c1C(=O)O. The molecule has 2 rings (SSSR count). The van der Waals surface area contributed by atoms with E-state index in [9.17, 15) is 14.7 Å². The molecule has 114 valence electrons. The van der Waals surface area contributed by atoms with E-state index < -0.39 is 5.97 Å². The first kappa shape index (κ1) is 15.4. The van der Waals surface area contributed by atoms with Gasteiger partial charge in [0.05, 0.1) is 11.3 Å². The number of carbonyl (C=O) groups is 2. The molecule has 0 aromatic heterocycles. The van der Waals surface area contributed by atoms with E-state index in [1.165, 1.54) is 0 Å². The van der Waals surface area contributed by atoms with Gasteiger partial charge in [0.1, 0.15) is 0 Å². The van der Waals surface area contributed by atoms with Crippen molar-refractivity contribution in [1.82, 2.24) is 5.32 Å². The maximum absolute atomic E-state index is 12.1. The second-order valence-corrected chi connectivity index (χ2v) is 6.78. The highest BCUT2D eigenvalue weighted by molar-refractivity contribution is 6.01. The summed E-state index contributed by atoms with van der Waals surface area (Å²) in [5.41, 5.74) is 1.13. The number of amides is 2. The Balaban J connectivity index is 2.12. The summed E-state index contributed by atoms with van der Waals surface area (Å²) in [5.74, 6) is -1.05. The third kappa shape index (κ3) is 2.48. The van der Waals surface area contributed by atoms with Crippen molar-refractivity contribution in [3.8, 4) is 0 Å². The topological polar surface area (TPSA) is 78.4 Å². The Morgan fingerprint density at radius 2 is 1.71 bits per heavy atom. The number of aromatic carboxylic acids is 1. The first-order chi connectivity index (χ1) is 9.59. The van der Waals surface area contributed by atoms with E-state index in [0.717, 1.165) is 0 Å². The Kier molecular flexibility index (Phi) is 3.48. The van der Waals surface area contributed by atoms with Crippen molar-refractivity contribution in [3.05, 3.63) is 29.3 Å². The Hall–Kier alpha value is -2.04. The standard InChI is InChI=1S/C16H22N2O3/c1-9-7-6-8-10(11(9)12(19)20)17-14(21)18-13-15(2,3)16(13,4)5/h6-8,13H,1-5H3,(H,19,20)(H2,17,18,21). The van der Waals surface area contributed by atoms with Gasteiger partial charge in [0.25, 0.3) is 0 Å². The fourth-order valence-corrected chi connectivity index (χ4v) is 2.90. The fourth-order valence-electron chi connectivity index (χ4n) is 2.90. The van der Waals surface area contributed by atoms with Crippen molar-refractivity contribution < 1.29 is 14.7 Å². The van der Waals surface area contributed by atoms with Gasteiger partial charge in [0.15, 0.2) is 0 Å². The summed E-state index contributed by atoms with van der Waals surface area (Å²) < 4.78 is 0. The van der Waals surface area contributed by atoms with Crippen molar-refractivity contribution in [2.75, 3.05) is 5.32 Å². The van der Waals surface area contributed by atoms with Crippen LogP contribution in [0, 0.1) is 17.8 Å². The lowest BCUT2D eigenvalue weighted by Crippen LogP contribution is -2.34. The van der Waals surface area contributed by atoms with Crippen LogP contribution in [-0.4, -0.2) is 23.1 Å². The largest absolute Gasteiger partial charge is 0.478 e. The van der Waals surface area contributed by atoms with Gasteiger partial charge in [-0.15, -0.1) is 0 Å². The molecule has 1 saturated carbocycles. The lowest BCUT2D eigenvalue weighted by atomic mass is 10.0. The molecular formula is C16H22N2O3. The molecule has 1 aliphatic carbocycles. The van der Waals surface area contributed by atoms with Crippen molar-refractivity contribution in [2.45, 2.75) is 40.7 Å². The Labute approximate surface area is 124 Å². The lowest BCUT2D eigenvalue weighted by Gasteiger charge is -2.12. The summed E-state index contributed by atoms with van der Waals surface area (Å²) in [6.07, 6.45) is 0.